The fourth-order valence-corrected chi connectivity index (χ4v) is 5.93. The summed E-state index contributed by atoms with van der Waals surface area (Å²) in [6, 6.07) is 8.86. The highest BCUT2D eigenvalue weighted by Gasteiger charge is 2.33. The number of unbranched alkanes of at least 4 members (excludes halogenated alkanes) is 4. The van der Waals surface area contributed by atoms with Crippen molar-refractivity contribution in [1.82, 2.24) is 0 Å². The van der Waals surface area contributed by atoms with Gasteiger partial charge in [0.05, 0.1) is 0 Å². The lowest BCUT2D eigenvalue weighted by Gasteiger charge is -2.34. The van der Waals surface area contributed by atoms with Crippen LogP contribution >= 0.6 is 0 Å². The van der Waals surface area contributed by atoms with Crippen LogP contribution in [0.15, 0.2) is 36.9 Å². The number of ether oxygens (including phenoxy) is 1. The highest BCUT2D eigenvalue weighted by molar-refractivity contribution is 5.84. The molecule has 42 heavy (non-hydrogen) atoms. The summed E-state index contributed by atoms with van der Waals surface area (Å²) in [6.45, 7) is 28.2. The van der Waals surface area contributed by atoms with Crippen LogP contribution < -0.4 is 4.74 Å². The molecular formula is C39H60O3. The average Bonchev–Trinajstić information content (AvgIpc) is 2.93. The summed E-state index contributed by atoms with van der Waals surface area (Å²) in [5.74, 6) is 0.274. The Labute approximate surface area is 258 Å². The molecule has 0 aliphatic heterocycles. The van der Waals surface area contributed by atoms with Crippen molar-refractivity contribution in [2.75, 3.05) is 0 Å². The highest BCUT2D eigenvalue weighted by Crippen LogP contribution is 2.47. The number of aryl methyl sites for hydroxylation is 1. The van der Waals surface area contributed by atoms with Gasteiger partial charge in [-0.3, -0.25) is 0 Å². The number of phenolic OH excluding ortho intramolecular Hbond substituents is 1. The normalized spacial score (nSPS) is 13.2. The average molecular weight is 577 g/mol. The molecule has 2 rings (SSSR count). The summed E-state index contributed by atoms with van der Waals surface area (Å²) in [6.07, 6.45) is 11.5. The van der Waals surface area contributed by atoms with Gasteiger partial charge in [0.15, 0.2) is 0 Å². The standard InChI is InChI=1S/C39H60O3/c1-13-17-19-21-38(9,10)29-23-27(5)35(41)31(24-29)28(6)32-25-30(39(11,12)22-20-18-14-2)26-33(37(7,8)16-4)36(32)42-34(40)15-3/h15,23-26,28,41H,3,13-14,16-22H2,1-2,4-12H3. The van der Waals surface area contributed by atoms with E-state index in [1.54, 1.807) is 0 Å². The van der Waals surface area contributed by atoms with Crippen molar-refractivity contribution in [2.45, 2.75) is 156 Å². The fraction of sp³-hybridized carbons (Fsp3) is 0.615. The predicted octanol–water partition coefficient (Wildman–Crippen LogP) is 11.3. The lowest BCUT2D eigenvalue weighted by Crippen LogP contribution is -2.24. The summed E-state index contributed by atoms with van der Waals surface area (Å²) in [4.78, 5) is 12.8. The van der Waals surface area contributed by atoms with Crippen molar-refractivity contribution >= 4 is 5.97 Å². The maximum absolute atomic E-state index is 12.8. The van der Waals surface area contributed by atoms with Crippen molar-refractivity contribution in [3.05, 3.63) is 70.3 Å². The molecule has 0 saturated heterocycles. The Morgan fingerprint density at radius 2 is 1.33 bits per heavy atom. The summed E-state index contributed by atoms with van der Waals surface area (Å²) < 4.78 is 6.12. The van der Waals surface area contributed by atoms with Crippen molar-refractivity contribution in [1.29, 1.82) is 0 Å². The van der Waals surface area contributed by atoms with Crippen LogP contribution in [0.3, 0.4) is 0 Å². The number of hydrogen-bond acceptors (Lipinski definition) is 3. The maximum atomic E-state index is 12.8. The molecule has 3 heteroatoms. The van der Waals surface area contributed by atoms with E-state index in [0.717, 1.165) is 41.5 Å². The lowest BCUT2D eigenvalue weighted by molar-refractivity contribution is -0.129. The Balaban J connectivity index is 2.88. The number of hydrogen-bond donors (Lipinski definition) is 1. The van der Waals surface area contributed by atoms with Crippen LogP contribution in [-0.2, 0) is 21.0 Å². The summed E-state index contributed by atoms with van der Waals surface area (Å²) in [5.41, 5.74) is 5.95. The topological polar surface area (TPSA) is 46.5 Å². The number of phenols is 1. The molecule has 0 aliphatic rings. The van der Waals surface area contributed by atoms with Gasteiger partial charge >= 0.3 is 5.97 Å². The summed E-state index contributed by atoms with van der Waals surface area (Å²) in [7, 11) is 0. The first-order valence-electron chi connectivity index (χ1n) is 16.4. The largest absolute Gasteiger partial charge is 0.507 e. The minimum absolute atomic E-state index is 0.0152. The summed E-state index contributed by atoms with van der Waals surface area (Å²) in [5, 5.41) is 11.5. The van der Waals surface area contributed by atoms with Gasteiger partial charge in [-0.05, 0) is 59.1 Å². The first-order chi connectivity index (χ1) is 19.6. The van der Waals surface area contributed by atoms with E-state index in [1.807, 2.05) is 6.92 Å². The van der Waals surface area contributed by atoms with E-state index >= 15 is 0 Å². The molecule has 0 aromatic heterocycles. The van der Waals surface area contributed by atoms with Gasteiger partial charge in [0.1, 0.15) is 11.5 Å². The molecule has 0 heterocycles. The van der Waals surface area contributed by atoms with Crippen LogP contribution in [0.4, 0.5) is 0 Å². The molecular weight excluding hydrogens is 516 g/mol. The van der Waals surface area contributed by atoms with E-state index in [9.17, 15) is 9.90 Å². The zero-order chi connectivity index (χ0) is 31.9. The molecule has 0 saturated carbocycles. The second-order valence-corrected chi connectivity index (χ2v) is 14.4. The second-order valence-electron chi connectivity index (χ2n) is 14.4. The molecule has 0 spiro atoms. The molecule has 2 aromatic carbocycles. The van der Waals surface area contributed by atoms with Crippen LogP contribution in [0, 0.1) is 6.92 Å². The molecule has 0 bridgehead atoms. The van der Waals surface area contributed by atoms with E-state index in [0.29, 0.717) is 11.5 Å². The third-order valence-corrected chi connectivity index (χ3v) is 9.74. The fourth-order valence-electron chi connectivity index (χ4n) is 5.93. The van der Waals surface area contributed by atoms with E-state index in [4.69, 9.17) is 4.74 Å². The first-order valence-corrected chi connectivity index (χ1v) is 16.4. The molecule has 1 unspecified atom stereocenters. The number of benzene rings is 2. The first kappa shape index (κ1) is 35.6. The van der Waals surface area contributed by atoms with E-state index < -0.39 is 5.97 Å². The summed E-state index contributed by atoms with van der Waals surface area (Å²) >= 11 is 0. The van der Waals surface area contributed by atoms with Crippen molar-refractivity contribution < 1.29 is 14.6 Å². The lowest BCUT2D eigenvalue weighted by atomic mass is 9.72. The number of carbonyl (C=O) groups excluding carboxylic acids is 1. The van der Waals surface area contributed by atoms with Gasteiger partial charge in [0, 0.05) is 28.7 Å². The molecule has 3 nitrogen and oxygen atoms in total. The maximum Gasteiger partial charge on any atom is 0.335 e. The Kier molecular flexibility index (Phi) is 12.5. The minimum Gasteiger partial charge on any atom is -0.507 e. The Bertz CT molecular complexity index is 1210. The minimum atomic E-state index is -0.460. The Hall–Kier alpha value is -2.55. The van der Waals surface area contributed by atoms with Gasteiger partial charge in [0.2, 0.25) is 0 Å². The van der Waals surface area contributed by atoms with Gasteiger partial charge in [-0.1, -0.05) is 139 Å². The molecule has 0 radical (unpaired) electrons. The van der Waals surface area contributed by atoms with Gasteiger partial charge in [-0.2, -0.15) is 0 Å². The number of aromatic hydroxyl groups is 1. The molecule has 0 fully saturated rings. The second kappa shape index (κ2) is 14.8. The van der Waals surface area contributed by atoms with Crippen LogP contribution in [0.5, 0.6) is 11.5 Å². The number of esters is 1. The smallest absolute Gasteiger partial charge is 0.335 e. The predicted molar refractivity (Wildman–Crippen MR) is 180 cm³/mol. The molecule has 234 valence electrons. The molecule has 1 N–H and O–H groups in total. The quantitative estimate of drug-likeness (QED) is 0.0935. The third-order valence-electron chi connectivity index (χ3n) is 9.74. The van der Waals surface area contributed by atoms with Gasteiger partial charge < -0.3 is 9.84 Å². The zero-order valence-corrected chi connectivity index (χ0v) is 28.8. The van der Waals surface area contributed by atoms with Crippen LogP contribution in [-0.4, -0.2) is 11.1 Å². The molecule has 2 aromatic rings. The van der Waals surface area contributed by atoms with Crippen molar-refractivity contribution in [3.63, 3.8) is 0 Å². The Morgan fingerprint density at radius 1 is 0.833 bits per heavy atom. The van der Waals surface area contributed by atoms with Gasteiger partial charge in [0.25, 0.3) is 0 Å². The molecule has 0 aliphatic carbocycles. The SMILES string of the molecule is C=CC(=O)Oc1c(C(C)c2cc(C(C)(C)CCCCC)cc(C)c2O)cc(C(C)(C)CCCCC)cc1C(C)(C)CC. The molecule has 1 atom stereocenters. The highest BCUT2D eigenvalue weighted by atomic mass is 16.5. The van der Waals surface area contributed by atoms with E-state index in [1.165, 1.54) is 55.7 Å². The number of carbonyl (C=O) groups is 1. The monoisotopic (exact) mass is 576 g/mol. The zero-order valence-electron chi connectivity index (χ0n) is 28.8. The van der Waals surface area contributed by atoms with E-state index in [2.05, 4.69) is 100 Å². The third kappa shape index (κ3) is 8.51. The van der Waals surface area contributed by atoms with Gasteiger partial charge in [-0.25, -0.2) is 4.79 Å². The van der Waals surface area contributed by atoms with Gasteiger partial charge in [-0.15, -0.1) is 0 Å². The van der Waals surface area contributed by atoms with E-state index in [-0.39, 0.29) is 22.2 Å². The van der Waals surface area contributed by atoms with Crippen molar-refractivity contribution in [3.8, 4) is 11.5 Å². The van der Waals surface area contributed by atoms with Crippen LogP contribution in [0.25, 0.3) is 0 Å². The number of rotatable bonds is 16. The van der Waals surface area contributed by atoms with Crippen LogP contribution in [0.1, 0.15) is 166 Å². The van der Waals surface area contributed by atoms with Crippen LogP contribution in [0.2, 0.25) is 0 Å². The van der Waals surface area contributed by atoms with Crippen molar-refractivity contribution in [2.24, 2.45) is 0 Å². The Morgan fingerprint density at radius 3 is 1.81 bits per heavy atom. The molecule has 0 amide bonds.